The van der Waals surface area contributed by atoms with Gasteiger partial charge in [-0.1, -0.05) is 17.7 Å². The highest BCUT2D eigenvalue weighted by molar-refractivity contribution is 6.31. The lowest BCUT2D eigenvalue weighted by molar-refractivity contribution is 0.172. The van der Waals surface area contributed by atoms with Crippen LogP contribution < -0.4 is 14.2 Å². The van der Waals surface area contributed by atoms with E-state index in [1.807, 2.05) is 36.4 Å². The Labute approximate surface area is 174 Å². The van der Waals surface area contributed by atoms with Gasteiger partial charge in [-0.25, -0.2) is 0 Å². The van der Waals surface area contributed by atoms with Crippen molar-refractivity contribution in [1.29, 1.82) is 0 Å². The highest BCUT2D eigenvalue weighted by atomic mass is 35.5. The molecule has 0 saturated carbocycles. The first kappa shape index (κ1) is 18.0. The van der Waals surface area contributed by atoms with Gasteiger partial charge in [-0.05, 0) is 61.0 Å². The maximum absolute atomic E-state index is 6.54. The molecule has 0 bridgehead atoms. The van der Waals surface area contributed by atoms with Gasteiger partial charge in [0.2, 0.25) is 6.23 Å². The Morgan fingerprint density at radius 2 is 1.66 bits per heavy atom. The van der Waals surface area contributed by atoms with Gasteiger partial charge in [0, 0.05) is 27.6 Å². The molecule has 4 nitrogen and oxygen atoms in total. The number of fused-ring (bicyclic) bond motifs is 5. The van der Waals surface area contributed by atoms with Crippen molar-refractivity contribution < 1.29 is 14.2 Å². The molecular weight excluding hydrogens is 386 g/mol. The standard InChI is InChI=1S/C24H20ClNO3/c1-14-4-6-20-22-12-15-9-17(25)5-7-21(15)26(22)24(29-23(20)8-14)16-10-18(27-2)13-19(11-16)28-3/h4-13,24H,1-3H3. The third kappa shape index (κ3) is 2.91. The van der Waals surface area contributed by atoms with E-state index in [-0.39, 0.29) is 6.23 Å². The summed E-state index contributed by atoms with van der Waals surface area (Å²) in [6.07, 6.45) is -0.359. The molecule has 2 heterocycles. The van der Waals surface area contributed by atoms with Gasteiger partial charge in [-0.3, -0.25) is 0 Å². The highest BCUT2D eigenvalue weighted by Crippen LogP contribution is 2.45. The van der Waals surface area contributed by atoms with Crippen LogP contribution in [0.2, 0.25) is 5.02 Å². The summed E-state index contributed by atoms with van der Waals surface area (Å²) >= 11 is 6.26. The Morgan fingerprint density at radius 1 is 0.897 bits per heavy atom. The van der Waals surface area contributed by atoms with Crippen LogP contribution in [0.15, 0.2) is 60.7 Å². The Hall–Kier alpha value is -3.11. The molecule has 0 fully saturated rings. The number of hydrogen-bond donors (Lipinski definition) is 0. The van der Waals surface area contributed by atoms with Crippen LogP contribution in [0.3, 0.4) is 0 Å². The minimum absolute atomic E-state index is 0.359. The molecule has 5 rings (SSSR count). The smallest absolute Gasteiger partial charge is 0.203 e. The summed E-state index contributed by atoms with van der Waals surface area (Å²) in [5.74, 6) is 2.30. The van der Waals surface area contributed by atoms with E-state index in [0.717, 1.165) is 50.5 Å². The summed E-state index contributed by atoms with van der Waals surface area (Å²) in [6, 6.07) is 20.2. The van der Waals surface area contributed by atoms with Gasteiger partial charge in [-0.15, -0.1) is 0 Å². The second-order valence-corrected chi connectivity index (χ2v) is 7.65. The van der Waals surface area contributed by atoms with Crippen LogP contribution in [0.5, 0.6) is 17.2 Å². The SMILES string of the molecule is COc1cc(OC)cc(C2Oc3cc(C)ccc3-c3cc4cc(Cl)ccc4n32)c1. The molecule has 0 N–H and O–H groups in total. The Kier molecular flexibility index (Phi) is 4.18. The average molecular weight is 406 g/mol. The zero-order valence-electron chi connectivity index (χ0n) is 16.4. The first-order chi connectivity index (χ1) is 14.1. The van der Waals surface area contributed by atoms with Crippen LogP contribution in [0.25, 0.3) is 22.2 Å². The van der Waals surface area contributed by atoms with Gasteiger partial charge in [0.05, 0.1) is 25.4 Å². The van der Waals surface area contributed by atoms with Crippen molar-refractivity contribution in [2.45, 2.75) is 13.2 Å². The molecule has 1 aromatic heterocycles. The predicted octanol–water partition coefficient (Wildman–Crippen LogP) is 6.23. The fourth-order valence-electron chi connectivity index (χ4n) is 3.97. The summed E-state index contributed by atoms with van der Waals surface area (Å²) < 4.78 is 19.7. The van der Waals surface area contributed by atoms with E-state index in [0.29, 0.717) is 5.02 Å². The van der Waals surface area contributed by atoms with Crippen molar-refractivity contribution >= 4 is 22.5 Å². The molecule has 4 aromatic rings. The normalized spacial score (nSPS) is 14.8. The van der Waals surface area contributed by atoms with E-state index >= 15 is 0 Å². The van der Waals surface area contributed by atoms with Crippen molar-refractivity contribution in [3.05, 3.63) is 76.8 Å². The van der Waals surface area contributed by atoms with Gasteiger partial charge >= 0.3 is 0 Å². The second kappa shape index (κ2) is 6.75. The second-order valence-electron chi connectivity index (χ2n) is 7.22. The van der Waals surface area contributed by atoms with Gasteiger partial charge in [0.15, 0.2) is 0 Å². The van der Waals surface area contributed by atoms with E-state index in [4.69, 9.17) is 25.8 Å². The maximum Gasteiger partial charge on any atom is 0.203 e. The van der Waals surface area contributed by atoms with Crippen molar-refractivity contribution in [3.8, 4) is 28.5 Å². The molecule has 0 saturated heterocycles. The molecule has 1 unspecified atom stereocenters. The van der Waals surface area contributed by atoms with Crippen molar-refractivity contribution in [3.63, 3.8) is 0 Å². The Morgan fingerprint density at radius 3 is 2.38 bits per heavy atom. The van der Waals surface area contributed by atoms with Crippen LogP contribution in [0.1, 0.15) is 17.4 Å². The third-order valence-corrected chi connectivity index (χ3v) is 5.58. The molecule has 146 valence electrons. The first-order valence-electron chi connectivity index (χ1n) is 9.38. The molecule has 1 aliphatic rings. The average Bonchev–Trinajstić information content (AvgIpc) is 3.10. The van der Waals surface area contributed by atoms with Crippen LogP contribution in [0.4, 0.5) is 0 Å². The number of ether oxygens (including phenoxy) is 3. The van der Waals surface area contributed by atoms with E-state index in [2.05, 4.69) is 35.8 Å². The zero-order chi connectivity index (χ0) is 20.1. The summed E-state index contributed by atoms with van der Waals surface area (Å²) in [5, 5.41) is 1.79. The van der Waals surface area contributed by atoms with Crippen molar-refractivity contribution in [2.24, 2.45) is 0 Å². The molecule has 29 heavy (non-hydrogen) atoms. The lowest BCUT2D eigenvalue weighted by atomic mass is 10.0. The molecule has 0 radical (unpaired) electrons. The number of rotatable bonds is 3. The number of halogens is 1. The number of benzene rings is 3. The summed E-state index contributed by atoms with van der Waals surface area (Å²) in [6.45, 7) is 2.07. The first-order valence-corrected chi connectivity index (χ1v) is 9.76. The van der Waals surface area contributed by atoms with E-state index in [9.17, 15) is 0 Å². The maximum atomic E-state index is 6.54. The van der Waals surface area contributed by atoms with Crippen molar-refractivity contribution in [1.82, 2.24) is 4.57 Å². The number of aryl methyl sites for hydroxylation is 1. The zero-order valence-corrected chi connectivity index (χ0v) is 17.2. The number of methoxy groups -OCH3 is 2. The Bertz CT molecular complexity index is 1220. The van der Waals surface area contributed by atoms with Gasteiger partial charge in [-0.2, -0.15) is 0 Å². The number of hydrogen-bond acceptors (Lipinski definition) is 3. The quantitative estimate of drug-likeness (QED) is 0.405. The monoisotopic (exact) mass is 405 g/mol. The van der Waals surface area contributed by atoms with Gasteiger partial charge < -0.3 is 18.8 Å². The van der Waals surface area contributed by atoms with E-state index in [1.165, 1.54) is 0 Å². The summed E-state index contributed by atoms with van der Waals surface area (Å²) in [4.78, 5) is 0. The minimum atomic E-state index is -0.359. The summed E-state index contributed by atoms with van der Waals surface area (Å²) in [5.41, 5.74) is 5.31. The van der Waals surface area contributed by atoms with Gasteiger partial charge in [0.1, 0.15) is 17.2 Å². The fraction of sp³-hybridized carbons (Fsp3) is 0.167. The van der Waals surface area contributed by atoms with Crippen LogP contribution in [-0.4, -0.2) is 18.8 Å². The van der Waals surface area contributed by atoms with Crippen LogP contribution in [-0.2, 0) is 0 Å². The number of nitrogens with zero attached hydrogens (tertiary/aromatic N) is 1. The topological polar surface area (TPSA) is 32.6 Å². The van der Waals surface area contributed by atoms with Crippen LogP contribution in [0, 0.1) is 6.92 Å². The van der Waals surface area contributed by atoms with Crippen LogP contribution >= 0.6 is 11.6 Å². The van der Waals surface area contributed by atoms with E-state index < -0.39 is 0 Å². The molecule has 0 amide bonds. The molecular formula is C24H20ClNO3. The Balaban J connectivity index is 1.80. The molecule has 1 atom stereocenters. The largest absolute Gasteiger partial charge is 0.497 e. The fourth-order valence-corrected chi connectivity index (χ4v) is 4.15. The van der Waals surface area contributed by atoms with Crippen molar-refractivity contribution in [2.75, 3.05) is 14.2 Å². The minimum Gasteiger partial charge on any atom is -0.497 e. The molecule has 5 heteroatoms. The third-order valence-electron chi connectivity index (χ3n) is 5.35. The van der Waals surface area contributed by atoms with E-state index in [1.54, 1.807) is 14.2 Å². The lowest BCUT2D eigenvalue weighted by Gasteiger charge is -2.31. The molecule has 3 aromatic carbocycles. The number of aromatic nitrogens is 1. The highest BCUT2D eigenvalue weighted by Gasteiger charge is 2.29. The van der Waals surface area contributed by atoms with Gasteiger partial charge in [0.25, 0.3) is 0 Å². The molecule has 1 aliphatic heterocycles. The molecule has 0 aliphatic carbocycles. The molecule has 0 spiro atoms. The lowest BCUT2D eigenvalue weighted by Crippen LogP contribution is -2.22. The predicted molar refractivity (Wildman–Crippen MR) is 115 cm³/mol. The summed E-state index contributed by atoms with van der Waals surface area (Å²) in [7, 11) is 3.30.